The first-order valence-electron chi connectivity index (χ1n) is 5.58. The monoisotopic (exact) mass is 236 g/mol. The number of nitrogens with one attached hydrogen (secondary N) is 1. The minimum Gasteiger partial charge on any atom is -0.373 e. The second kappa shape index (κ2) is 4.91. The van der Waals surface area contributed by atoms with E-state index in [0.29, 0.717) is 6.61 Å². The Morgan fingerprint density at radius 1 is 1.56 bits per heavy atom. The predicted molar refractivity (Wildman–Crippen MR) is 54.8 cm³/mol. The molecule has 2 heterocycles. The Hall–Kier alpha value is -0.300. The second-order valence-corrected chi connectivity index (χ2v) is 4.47. The lowest BCUT2D eigenvalue weighted by Gasteiger charge is -2.31. The normalized spacial score (nSPS) is 35.4. The van der Waals surface area contributed by atoms with Crippen LogP contribution in [0, 0.1) is 0 Å². The molecular formula is C10H18F2N2O2. The van der Waals surface area contributed by atoms with Crippen molar-refractivity contribution in [2.45, 2.75) is 18.1 Å². The molecule has 0 spiro atoms. The van der Waals surface area contributed by atoms with Crippen LogP contribution in [-0.4, -0.2) is 69.5 Å². The van der Waals surface area contributed by atoms with E-state index in [1.54, 1.807) is 0 Å². The van der Waals surface area contributed by atoms with Crippen molar-refractivity contribution in [3.63, 3.8) is 0 Å². The van der Waals surface area contributed by atoms with Gasteiger partial charge in [-0.05, 0) is 7.05 Å². The maximum atomic E-state index is 13.2. The number of halogens is 2. The molecule has 0 radical (unpaired) electrons. The van der Waals surface area contributed by atoms with Crippen LogP contribution < -0.4 is 5.32 Å². The van der Waals surface area contributed by atoms with Crippen molar-refractivity contribution in [1.29, 1.82) is 0 Å². The lowest BCUT2D eigenvalue weighted by Crippen LogP contribution is -2.44. The summed E-state index contributed by atoms with van der Waals surface area (Å²) in [7, 11) is 1.99. The van der Waals surface area contributed by atoms with Crippen LogP contribution in [0.25, 0.3) is 0 Å². The van der Waals surface area contributed by atoms with Gasteiger partial charge in [-0.1, -0.05) is 0 Å². The number of morpholine rings is 1. The first kappa shape index (κ1) is 12.2. The van der Waals surface area contributed by atoms with E-state index in [9.17, 15) is 8.78 Å². The minimum atomic E-state index is -2.75. The molecule has 2 saturated heterocycles. The van der Waals surface area contributed by atoms with Crippen LogP contribution in [0.1, 0.15) is 0 Å². The summed E-state index contributed by atoms with van der Waals surface area (Å²) in [5.74, 6) is -2.75. The molecule has 2 aliphatic rings. The van der Waals surface area contributed by atoms with Gasteiger partial charge in [-0.2, -0.15) is 0 Å². The SMILES string of the molecule is CN1CCOC(COC2CNCC2(F)F)C1. The van der Waals surface area contributed by atoms with Gasteiger partial charge in [0.05, 0.1) is 25.9 Å². The molecule has 0 aliphatic carbocycles. The standard InChI is InChI=1S/C10H18F2N2O2/c1-14-2-3-15-8(5-14)6-16-9-4-13-7-10(9,11)12/h8-9,13H,2-7H2,1H3. The average Bonchev–Trinajstić information content (AvgIpc) is 2.55. The molecule has 2 atom stereocenters. The third-order valence-electron chi connectivity index (χ3n) is 2.99. The fourth-order valence-corrected chi connectivity index (χ4v) is 2.01. The predicted octanol–water partition coefficient (Wildman–Crippen LogP) is -0.0593. The highest BCUT2D eigenvalue weighted by atomic mass is 19.3. The van der Waals surface area contributed by atoms with Crippen LogP contribution in [0.3, 0.4) is 0 Å². The Bertz CT molecular complexity index is 241. The highest BCUT2D eigenvalue weighted by molar-refractivity contribution is 4.89. The van der Waals surface area contributed by atoms with Gasteiger partial charge in [0.1, 0.15) is 6.10 Å². The number of nitrogens with zero attached hydrogens (tertiary/aromatic N) is 1. The number of hydrogen-bond donors (Lipinski definition) is 1. The number of likely N-dealkylation sites (N-methyl/N-ethyl adjacent to an activating group) is 1. The summed E-state index contributed by atoms with van der Waals surface area (Å²) in [4.78, 5) is 2.11. The van der Waals surface area contributed by atoms with E-state index in [4.69, 9.17) is 9.47 Å². The maximum absolute atomic E-state index is 13.2. The topological polar surface area (TPSA) is 33.7 Å². The van der Waals surface area contributed by atoms with Crippen molar-refractivity contribution in [3.05, 3.63) is 0 Å². The summed E-state index contributed by atoms with van der Waals surface area (Å²) in [6.07, 6.45) is -1.10. The molecule has 0 saturated carbocycles. The molecular weight excluding hydrogens is 218 g/mol. The molecule has 4 nitrogen and oxygen atoms in total. The second-order valence-electron chi connectivity index (χ2n) is 4.47. The van der Waals surface area contributed by atoms with Gasteiger partial charge in [-0.25, -0.2) is 8.78 Å². The molecule has 0 amide bonds. The molecule has 0 aromatic heterocycles. The number of ether oxygens (including phenoxy) is 2. The van der Waals surface area contributed by atoms with E-state index in [1.807, 2.05) is 7.05 Å². The molecule has 0 bridgehead atoms. The fraction of sp³-hybridized carbons (Fsp3) is 1.00. The summed E-state index contributed by atoms with van der Waals surface area (Å²) in [6.45, 7) is 2.44. The number of rotatable bonds is 3. The molecule has 6 heteroatoms. The van der Waals surface area contributed by atoms with Crippen LogP contribution in [-0.2, 0) is 9.47 Å². The summed E-state index contributed by atoms with van der Waals surface area (Å²) < 4.78 is 37.1. The zero-order valence-electron chi connectivity index (χ0n) is 9.42. The van der Waals surface area contributed by atoms with Crippen LogP contribution in [0.5, 0.6) is 0 Å². The fourth-order valence-electron chi connectivity index (χ4n) is 2.01. The molecule has 0 aromatic carbocycles. The molecule has 1 N–H and O–H groups in total. The Balaban J connectivity index is 1.74. The molecule has 16 heavy (non-hydrogen) atoms. The van der Waals surface area contributed by atoms with Crippen LogP contribution in [0.15, 0.2) is 0 Å². The van der Waals surface area contributed by atoms with E-state index < -0.39 is 12.0 Å². The van der Waals surface area contributed by atoms with Crippen molar-refractivity contribution in [2.24, 2.45) is 0 Å². The Labute approximate surface area is 93.9 Å². The smallest absolute Gasteiger partial charge is 0.287 e. The summed E-state index contributed by atoms with van der Waals surface area (Å²) in [5, 5.41) is 2.63. The quantitative estimate of drug-likeness (QED) is 0.744. The van der Waals surface area contributed by atoms with Gasteiger partial charge in [-0.3, -0.25) is 0 Å². The van der Waals surface area contributed by atoms with E-state index in [2.05, 4.69) is 10.2 Å². The van der Waals surface area contributed by atoms with Crippen molar-refractivity contribution < 1.29 is 18.3 Å². The maximum Gasteiger partial charge on any atom is 0.287 e. The average molecular weight is 236 g/mol. The Morgan fingerprint density at radius 2 is 2.38 bits per heavy atom. The summed E-state index contributed by atoms with van der Waals surface area (Å²) in [5.41, 5.74) is 0. The molecule has 2 fully saturated rings. The summed E-state index contributed by atoms with van der Waals surface area (Å²) >= 11 is 0. The number of hydrogen-bond acceptors (Lipinski definition) is 4. The van der Waals surface area contributed by atoms with E-state index >= 15 is 0 Å². The largest absolute Gasteiger partial charge is 0.373 e. The first-order valence-corrected chi connectivity index (χ1v) is 5.58. The van der Waals surface area contributed by atoms with Gasteiger partial charge in [0, 0.05) is 19.6 Å². The van der Waals surface area contributed by atoms with E-state index in [0.717, 1.165) is 13.1 Å². The van der Waals surface area contributed by atoms with Crippen LogP contribution in [0.4, 0.5) is 8.78 Å². The molecule has 94 valence electrons. The van der Waals surface area contributed by atoms with Gasteiger partial charge in [-0.15, -0.1) is 0 Å². The molecule has 2 aliphatic heterocycles. The lowest BCUT2D eigenvalue weighted by molar-refractivity contribution is -0.136. The van der Waals surface area contributed by atoms with Gasteiger partial charge in [0.2, 0.25) is 0 Å². The van der Waals surface area contributed by atoms with Crippen molar-refractivity contribution in [3.8, 4) is 0 Å². The van der Waals surface area contributed by atoms with Gasteiger partial charge < -0.3 is 19.7 Å². The highest BCUT2D eigenvalue weighted by Crippen LogP contribution is 2.24. The zero-order chi connectivity index (χ0) is 11.6. The molecule has 0 aromatic rings. The Morgan fingerprint density at radius 3 is 3.00 bits per heavy atom. The zero-order valence-corrected chi connectivity index (χ0v) is 9.42. The van der Waals surface area contributed by atoms with Crippen LogP contribution >= 0.6 is 0 Å². The molecule has 2 rings (SSSR count). The van der Waals surface area contributed by atoms with Crippen LogP contribution in [0.2, 0.25) is 0 Å². The Kier molecular flexibility index (Phi) is 3.73. The third kappa shape index (κ3) is 2.88. The van der Waals surface area contributed by atoms with Gasteiger partial charge in [0.25, 0.3) is 5.92 Å². The highest BCUT2D eigenvalue weighted by Gasteiger charge is 2.45. The summed E-state index contributed by atoms with van der Waals surface area (Å²) in [6, 6.07) is 0. The lowest BCUT2D eigenvalue weighted by atomic mass is 10.2. The molecule has 2 unspecified atom stereocenters. The van der Waals surface area contributed by atoms with Crippen molar-refractivity contribution >= 4 is 0 Å². The van der Waals surface area contributed by atoms with E-state index in [1.165, 1.54) is 0 Å². The number of alkyl halides is 2. The van der Waals surface area contributed by atoms with Gasteiger partial charge >= 0.3 is 0 Å². The van der Waals surface area contributed by atoms with Crippen molar-refractivity contribution in [1.82, 2.24) is 10.2 Å². The minimum absolute atomic E-state index is 0.0878. The third-order valence-corrected chi connectivity index (χ3v) is 2.99. The first-order chi connectivity index (χ1) is 7.58. The van der Waals surface area contributed by atoms with Gasteiger partial charge in [0.15, 0.2) is 0 Å². The van der Waals surface area contributed by atoms with Crippen molar-refractivity contribution in [2.75, 3.05) is 46.4 Å². The van der Waals surface area contributed by atoms with E-state index in [-0.39, 0.29) is 25.8 Å².